The molecule has 0 spiro atoms. The SMILES string of the molecule is C=C(C)/C=C\C.C=CC.Cc1oc(C2=CC=C(c3cccs3)C=CC2)nc1CCOc1ccc(CC(C)(O)C(=O)O)cc1. The molecule has 2 N–H and O–H groups in total. The average Bonchev–Trinajstić information content (AvgIpc) is 3.54. The summed E-state index contributed by atoms with van der Waals surface area (Å²) >= 11 is 1.72. The first-order chi connectivity index (χ1) is 20.5. The van der Waals surface area contributed by atoms with E-state index in [1.807, 2.05) is 39.8 Å². The molecule has 0 fully saturated rings. The van der Waals surface area contributed by atoms with Crippen LogP contribution >= 0.6 is 11.3 Å². The number of nitrogens with zero attached hydrogens (tertiary/aromatic N) is 1. The molecule has 1 atom stereocenters. The van der Waals surface area contributed by atoms with Crippen LogP contribution in [0.5, 0.6) is 5.75 Å². The average molecular weight is 602 g/mol. The number of allylic oxidation sites excluding steroid dienone is 10. The molecule has 0 aliphatic heterocycles. The van der Waals surface area contributed by atoms with Gasteiger partial charge in [0.15, 0.2) is 5.60 Å². The highest BCUT2D eigenvalue weighted by Crippen LogP contribution is 2.28. The van der Waals surface area contributed by atoms with Crippen molar-refractivity contribution in [3.8, 4) is 5.75 Å². The zero-order valence-electron chi connectivity index (χ0n) is 25.8. The molecule has 43 heavy (non-hydrogen) atoms. The number of hydrogen-bond acceptors (Lipinski definition) is 6. The van der Waals surface area contributed by atoms with E-state index in [-0.39, 0.29) is 6.42 Å². The summed E-state index contributed by atoms with van der Waals surface area (Å²) in [5.74, 6) is 0.838. The quantitative estimate of drug-likeness (QED) is 0.178. The Morgan fingerprint density at radius 3 is 2.47 bits per heavy atom. The van der Waals surface area contributed by atoms with Gasteiger partial charge >= 0.3 is 5.97 Å². The van der Waals surface area contributed by atoms with E-state index in [0.717, 1.165) is 34.6 Å². The van der Waals surface area contributed by atoms with Crippen LogP contribution in [0.15, 0.2) is 107 Å². The number of carboxylic acid groups (broad SMARTS) is 1. The molecule has 7 heteroatoms. The van der Waals surface area contributed by atoms with Crippen LogP contribution in [0, 0.1) is 6.92 Å². The largest absolute Gasteiger partial charge is 0.493 e. The standard InChI is InChI=1S/C27H27NO5S.C6H10.C3H6/c1-18-23(14-15-32-22-12-8-19(9-13-22)17-27(2,31)26(29)30)28-25(33-18)21-6-3-5-20(10-11-21)24-7-4-16-34-24;1-4-5-6(2)3;1-3-2/h3-5,7-13,16,31H,6,14-15,17H2,1-2H3,(H,29,30);4-5H,2H2,1,3H3;3H,1H2,2H3/b;5-4-;. The number of aliphatic hydroxyl groups is 1. The van der Waals surface area contributed by atoms with E-state index in [9.17, 15) is 9.90 Å². The highest BCUT2D eigenvalue weighted by molar-refractivity contribution is 7.11. The smallest absolute Gasteiger partial charge is 0.335 e. The van der Waals surface area contributed by atoms with Gasteiger partial charge in [0, 0.05) is 23.3 Å². The number of carbonyl (C=O) groups is 1. The normalized spacial score (nSPS) is 13.7. The lowest BCUT2D eigenvalue weighted by molar-refractivity contribution is -0.156. The van der Waals surface area contributed by atoms with Gasteiger partial charge in [-0.15, -0.1) is 17.9 Å². The summed E-state index contributed by atoms with van der Waals surface area (Å²) in [6, 6.07) is 11.2. The van der Waals surface area contributed by atoms with Gasteiger partial charge in [0.2, 0.25) is 5.89 Å². The van der Waals surface area contributed by atoms with E-state index in [4.69, 9.17) is 19.2 Å². The van der Waals surface area contributed by atoms with Crippen molar-refractivity contribution in [3.05, 3.63) is 131 Å². The maximum atomic E-state index is 11.1. The van der Waals surface area contributed by atoms with E-state index < -0.39 is 11.6 Å². The maximum Gasteiger partial charge on any atom is 0.335 e. The van der Waals surface area contributed by atoms with E-state index in [2.05, 4.69) is 55.0 Å². The predicted octanol–water partition coefficient (Wildman–Crippen LogP) is 8.80. The number of hydrogen-bond donors (Lipinski definition) is 2. The first-order valence-electron chi connectivity index (χ1n) is 14.1. The Morgan fingerprint density at radius 1 is 1.21 bits per heavy atom. The zero-order chi connectivity index (χ0) is 31.8. The van der Waals surface area contributed by atoms with Crippen LogP contribution in [0.3, 0.4) is 0 Å². The molecule has 1 aliphatic rings. The highest BCUT2D eigenvalue weighted by Gasteiger charge is 2.29. The molecule has 1 aliphatic carbocycles. The number of benzene rings is 1. The molecule has 0 radical (unpaired) electrons. The first kappa shape index (κ1) is 35.0. The van der Waals surface area contributed by atoms with Crippen LogP contribution in [0.25, 0.3) is 11.1 Å². The third-order valence-electron chi connectivity index (χ3n) is 6.06. The summed E-state index contributed by atoms with van der Waals surface area (Å²) in [7, 11) is 0. The Hall–Kier alpha value is -4.20. The summed E-state index contributed by atoms with van der Waals surface area (Å²) in [4.78, 5) is 17.0. The summed E-state index contributed by atoms with van der Waals surface area (Å²) in [5.41, 5.74) is 3.11. The number of thiophene rings is 1. The number of rotatable bonds is 10. The maximum absolute atomic E-state index is 11.1. The second-order valence-corrected chi connectivity index (χ2v) is 11.1. The van der Waals surface area contributed by atoms with Crippen LogP contribution in [0.2, 0.25) is 0 Å². The molecule has 0 bridgehead atoms. The van der Waals surface area contributed by atoms with Crippen LogP contribution in [-0.4, -0.2) is 33.4 Å². The van der Waals surface area contributed by atoms with Crippen LogP contribution in [0.1, 0.15) is 61.9 Å². The summed E-state index contributed by atoms with van der Waals surface area (Å²) in [5, 5.41) is 21.0. The van der Waals surface area contributed by atoms with Gasteiger partial charge in [0.05, 0.1) is 12.3 Å². The molecule has 3 aromatic rings. The molecular formula is C36H43NO5S. The predicted molar refractivity (Wildman–Crippen MR) is 178 cm³/mol. The number of aromatic nitrogens is 1. The Balaban J connectivity index is 0.000000630. The van der Waals surface area contributed by atoms with Crippen molar-refractivity contribution in [3.63, 3.8) is 0 Å². The fourth-order valence-electron chi connectivity index (χ4n) is 3.92. The molecular weight excluding hydrogens is 558 g/mol. The lowest BCUT2D eigenvalue weighted by Gasteiger charge is -2.17. The van der Waals surface area contributed by atoms with Crippen molar-refractivity contribution < 1.29 is 24.2 Å². The van der Waals surface area contributed by atoms with Gasteiger partial charge in [0.1, 0.15) is 11.5 Å². The molecule has 0 saturated carbocycles. The third kappa shape index (κ3) is 11.9. The van der Waals surface area contributed by atoms with Crippen LogP contribution < -0.4 is 4.74 Å². The van der Waals surface area contributed by atoms with Crippen molar-refractivity contribution in [2.24, 2.45) is 0 Å². The molecule has 6 nitrogen and oxygen atoms in total. The van der Waals surface area contributed by atoms with Crippen molar-refractivity contribution in [2.75, 3.05) is 6.61 Å². The minimum absolute atomic E-state index is 0.0264. The van der Waals surface area contributed by atoms with Crippen molar-refractivity contribution in [1.82, 2.24) is 4.98 Å². The van der Waals surface area contributed by atoms with Gasteiger partial charge in [-0.2, -0.15) is 0 Å². The second-order valence-electron chi connectivity index (χ2n) is 10.2. The molecule has 4 rings (SSSR count). The van der Waals surface area contributed by atoms with E-state index in [0.29, 0.717) is 24.7 Å². The number of carboxylic acids is 1. The Labute approximate surface area is 259 Å². The molecule has 0 saturated heterocycles. The minimum atomic E-state index is -1.80. The molecule has 1 aromatic carbocycles. The Kier molecular flexibility index (Phi) is 14.4. The lowest BCUT2D eigenvalue weighted by atomic mass is 9.97. The molecule has 2 heterocycles. The highest BCUT2D eigenvalue weighted by atomic mass is 32.1. The minimum Gasteiger partial charge on any atom is -0.493 e. The fourth-order valence-corrected chi connectivity index (χ4v) is 4.65. The summed E-state index contributed by atoms with van der Waals surface area (Å²) in [6.07, 6.45) is 15.5. The summed E-state index contributed by atoms with van der Waals surface area (Å²) < 4.78 is 11.8. The number of aliphatic carboxylic acids is 1. The number of aryl methyl sites for hydroxylation is 1. The van der Waals surface area contributed by atoms with Gasteiger partial charge in [0.25, 0.3) is 0 Å². The van der Waals surface area contributed by atoms with Crippen LogP contribution in [-0.2, 0) is 17.6 Å². The number of ether oxygens (including phenoxy) is 1. The van der Waals surface area contributed by atoms with Crippen molar-refractivity contribution >= 4 is 28.5 Å². The van der Waals surface area contributed by atoms with Crippen LogP contribution in [0.4, 0.5) is 0 Å². The fraction of sp³-hybridized carbons (Fsp3) is 0.278. The van der Waals surface area contributed by atoms with Gasteiger partial charge < -0.3 is 19.4 Å². The topological polar surface area (TPSA) is 92.8 Å². The molecule has 1 unspecified atom stereocenters. The third-order valence-corrected chi connectivity index (χ3v) is 6.98. The molecule has 228 valence electrons. The van der Waals surface area contributed by atoms with Gasteiger partial charge in [-0.3, -0.25) is 0 Å². The first-order valence-corrected chi connectivity index (χ1v) is 15.0. The Bertz CT molecular complexity index is 1450. The van der Waals surface area contributed by atoms with Crippen molar-refractivity contribution in [1.29, 1.82) is 0 Å². The van der Waals surface area contributed by atoms with Gasteiger partial charge in [-0.1, -0.05) is 72.9 Å². The number of oxazole rings is 1. The van der Waals surface area contributed by atoms with E-state index in [1.54, 1.807) is 41.7 Å². The monoisotopic (exact) mass is 601 g/mol. The molecule has 0 amide bonds. The van der Waals surface area contributed by atoms with Gasteiger partial charge in [-0.05, 0) is 75.8 Å². The van der Waals surface area contributed by atoms with E-state index >= 15 is 0 Å². The molecule has 2 aromatic heterocycles. The summed E-state index contributed by atoms with van der Waals surface area (Å²) in [6.45, 7) is 16.5. The van der Waals surface area contributed by atoms with Crippen molar-refractivity contribution in [2.45, 2.75) is 59.5 Å². The van der Waals surface area contributed by atoms with Gasteiger partial charge in [-0.25, -0.2) is 9.78 Å². The van der Waals surface area contributed by atoms with E-state index in [1.165, 1.54) is 17.4 Å². The second kappa shape index (κ2) is 17.7. The Morgan fingerprint density at radius 2 is 1.91 bits per heavy atom. The zero-order valence-corrected chi connectivity index (χ0v) is 26.6. The lowest BCUT2D eigenvalue weighted by Crippen LogP contribution is -2.37.